The van der Waals surface area contributed by atoms with E-state index in [2.05, 4.69) is 65.2 Å². The lowest BCUT2D eigenvalue weighted by Gasteiger charge is -2.23. The van der Waals surface area contributed by atoms with Crippen LogP contribution in [0.15, 0.2) is 22.7 Å². The number of benzene rings is 1. The molecule has 0 spiro atoms. The number of nitrogens with one attached hydrogen (secondary N) is 1. The second-order valence-electron chi connectivity index (χ2n) is 5.80. The van der Waals surface area contributed by atoms with Crippen molar-refractivity contribution >= 4 is 21.6 Å². The lowest BCUT2D eigenvalue weighted by molar-refractivity contribution is 0.669. The number of hydrogen-bond donors (Lipinski definition) is 1. The van der Waals surface area contributed by atoms with Crippen LogP contribution in [-0.4, -0.2) is 20.1 Å². The van der Waals surface area contributed by atoms with Crippen LogP contribution in [0.2, 0.25) is 0 Å². The first kappa shape index (κ1) is 14.9. The van der Waals surface area contributed by atoms with E-state index in [4.69, 9.17) is 0 Å². The van der Waals surface area contributed by atoms with Gasteiger partial charge in [-0.1, -0.05) is 29.8 Å². The number of nitrogens with zero attached hydrogens (tertiary/aromatic N) is 1. The largest absolute Gasteiger partial charge is 0.374 e. The molecule has 19 heavy (non-hydrogen) atoms. The Morgan fingerprint density at radius 1 is 1.42 bits per heavy atom. The van der Waals surface area contributed by atoms with Crippen molar-refractivity contribution in [2.75, 3.05) is 25.0 Å². The van der Waals surface area contributed by atoms with Crippen LogP contribution in [0.5, 0.6) is 0 Å². The molecule has 0 heterocycles. The van der Waals surface area contributed by atoms with E-state index in [1.807, 2.05) is 0 Å². The van der Waals surface area contributed by atoms with Gasteiger partial charge in [0.1, 0.15) is 0 Å². The summed E-state index contributed by atoms with van der Waals surface area (Å²) in [5.74, 6) is 1.81. The zero-order valence-electron chi connectivity index (χ0n) is 12.2. The quantitative estimate of drug-likeness (QED) is 0.761. The van der Waals surface area contributed by atoms with Gasteiger partial charge in [0, 0.05) is 30.3 Å². The van der Waals surface area contributed by atoms with E-state index < -0.39 is 0 Å². The zero-order valence-corrected chi connectivity index (χ0v) is 13.8. The molecule has 0 amide bonds. The first-order valence-corrected chi connectivity index (χ1v) is 8.11. The smallest absolute Gasteiger partial charge is 0.0410 e. The molecule has 0 saturated heterocycles. The Hall–Kier alpha value is -0.540. The van der Waals surface area contributed by atoms with Gasteiger partial charge < -0.3 is 10.2 Å². The van der Waals surface area contributed by atoms with Crippen molar-refractivity contribution in [2.45, 2.75) is 33.2 Å². The summed E-state index contributed by atoms with van der Waals surface area (Å²) in [6.07, 6.45) is 2.57. The van der Waals surface area contributed by atoms with Gasteiger partial charge in [-0.25, -0.2) is 0 Å². The van der Waals surface area contributed by atoms with Crippen LogP contribution in [0.4, 0.5) is 5.69 Å². The Morgan fingerprint density at radius 3 is 2.79 bits per heavy atom. The van der Waals surface area contributed by atoms with Crippen LogP contribution in [0.3, 0.4) is 0 Å². The van der Waals surface area contributed by atoms with E-state index in [1.54, 1.807) is 0 Å². The molecule has 1 N–H and O–H groups in total. The van der Waals surface area contributed by atoms with Crippen molar-refractivity contribution in [3.63, 3.8) is 0 Å². The average Bonchev–Trinajstić information content (AvgIpc) is 3.05. The third-order valence-electron chi connectivity index (χ3n) is 3.98. The molecule has 2 rings (SSSR count). The molecule has 1 saturated carbocycles. The van der Waals surface area contributed by atoms with Crippen molar-refractivity contribution in [3.8, 4) is 0 Å². The van der Waals surface area contributed by atoms with Gasteiger partial charge in [0.15, 0.2) is 0 Å². The number of hydrogen-bond acceptors (Lipinski definition) is 2. The van der Waals surface area contributed by atoms with Gasteiger partial charge in [0.2, 0.25) is 0 Å². The maximum Gasteiger partial charge on any atom is 0.0410 e. The molecule has 1 aliphatic rings. The summed E-state index contributed by atoms with van der Waals surface area (Å²) in [6.45, 7) is 7.77. The highest BCUT2D eigenvalue weighted by Gasteiger charge is 2.33. The minimum Gasteiger partial charge on any atom is -0.374 e. The Kier molecular flexibility index (Phi) is 5.28. The maximum absolute atomic E-state index is 3.58. The molecule has 3 heteroatoms. The Morgan fingerprint density at radius 2 is 2.16 bits per heavy atom. The monoisotopic (exact) mass is 324 g/mol. The molecular weight excluding hydrogens is 300 g/mol. The molecule has 0 aliphatic heterocycles. The van der Waals surface area contributed by atoms with Gasteiger partial charge in [-0.05, 0) is 55.0 Å². The summed E-state index contributed by atoms with van der Waals surface area (Å²) < 4.78 is 1.16. The molecular formula is C16H25BrN2. The predicted octanol–water partition coefficient (Wildman–Crippen LogP) is 4.04. The fourth-order valence-corrected chi connectivity index (χ4v) is 2.98. The third kappa shape index (κ3) is 4.22. The summed E-state index contributed by atoms with van der Waals surface area (Å²) in [7, 11) is 2.22. The summed E-state index contributed by atoms with van der Waals surface area (Å²) in [5, 5.41) is 3.50. The minimum absolute atomic E-state index is 0.894. The van der Waals surface area contributed by atoms with Gasteiger partial charge in [0.25, 0.3) is 0 Å². The van der Waals surface area contributed by atoms with Crippen molar-refractivity contribution in [1.82, 2.24) is 5.32 Å². The molecule has 1 aromatic rings. The molecule has 0 bridgehead atoms. The van der Waals surface area contributed by atoms with Crippen molar-refractivity contribution in [1.29, 1.82) is 0 Å². The highest BCUT2D eigenvalue weighted by Crippen LogP contribution is 2.39. The van der Waals surface area contributed by atoms with Crippen LogP contribution in [-0.2, 0) is 6.54 Å². The van der Waals surface area contributed by atoms with Crippen LogP contribution in [0.25, 0.3) is 0 Å². The van der Waals surface area contributed by atoms with Gasteiger partial charge in [0.05, 0.1) is 0 Å². The Balaban J connectivity index is 2.04. The first-order valence-electron chi connectivity index (χ1n) is 7.32. The highest BCUT2D eigenvalue weighted by molar-refractivity contribution is 9.10. The van der Waals surface area contributed by atoms with Crippen molar-refractivity contribution in [3.05, 3.63) is 28.2 Å². The SMILES string of the molecule is CCCNCc1cc(Br)ccc1N(C)CC1CC1C. The van der Waals surface area contributed by atoms with Crippen molar-refractivity contribution < 1.29 is 0 Å². The molecule has 0 radical (unpaired) electrons. The number of halogens is 1. The first-order chi connectivity index (χ1) is 9.11. The summed E-state index contributed by atoms with van der Waals surface area (Å²) in [5.41, 5.74) is 2.75. The molecule has 0 aromatic heterocycles. The molecule has 2 nitrogen and oxygen atoms in total. The van der Waals surface area contributed by atoms with Gasteiger partial charge in [-0.3, -0.25) is 0 Å². The van der Waals surface area contributed by atoms with E-state index in [-0.39, 0.29) is 0 Å². The van der Waals surface area contributed by atoms with Crippen LogP contribution in [0, 0.1) is 11.8 Å². The highest BCUT2D eigenvalue weighted by atomic mass is 79.9. The Labute approximate surface area is 125 Å². The van der Waals surface area contributed by atoms with E-state index >= 15 is 0 Å². The van der Waals surface area contributed by atoms with Gasteiger partial charge in [-0.15, -0.1) is 0 Å². The summed E-state index contributed by atoms with van der Waals surface area (Å²) >= 11 is 3.58. The van der Waals surface area contributed by atoms with E-state index in [9.17, 15) is 0 Å². The molecule has 1 aliphatic carbocycles. The summed E-state index contributed by atoms with van der Waals surface area (Å²) in [6, 6.07) is 6.62. The number of rotatable bonds is 7. The topological polar surface area (TPSA) is 15.3 Å². The Bertz CT molecular complexity index is 419. The van der Waals surface area contributed by atoms with Gasteiger partial charge >= 0.3 is 0 Å². The average molecular weight is 325 g/mol. The van der Waals surface area contributed by atoms with E-state index in [1.165, 1.54) is 30.6 Å². The van der Waals surface area contributed by atoms with Crippen LogP contribution >= 0.6 is 15.9 Å². The molecule has 2 unspecified atom stereocenters. The van der Waals surface area contributed by atoms with Crippen LogP contribution < -0.4 is 10.2 Å². The summed E-state index contributed by atoms with van der Waals surface area (Å²) in [4.78, 5) is 2.42. The van der Waals surface area contributed by atoms with Crippen molar-refractivity contribution in [2.24, 2.45) is 11.8 Å². The normalized spacial score (nSPS) is 21.5. The third-order valence-corrected chi connectivity index (χ3v) is 4.47. The standard InChI is InChI=1S/C16H25BrN2/c1-4-7-18-10-13-9-15(17)5-6-16(13)19(3)11-14-8-12(14)2/h5-6,9,12,14,18H,4,7-8,10-11H2,1-3H3. The molecule has 2 atom stereocenters. The zero-order chi connectivity index (χ0) is 13.8. The minimum atomic E-state index is 0.894. The van der Waals surface area contributed by atoms with Gasteiger partial charge in [-0.2, -0.15) is 0 Å². The lowest BCUT2D eigenvalue weighted by atomic mass is 10.1. The maximum atomic E-state index is 3.58. The molecule has 106 valence electrons. The van der Waals surface area contributed by atoms with E-state index in [0.29, 0.717) is 0 Å². The fourth-order valence-electron chi connectivity index (χ4n) is 2.57. The van der Waals surface area contributed by atoms with E-state index in [0.717, 1.165) is 29.4 Å². The second-order valence-corrected chi connectivity index (χ2v) is 6.72. The molecule has 1 fully saturated rings. The second kappa shape index (κ2) is 6.76. The fraction of sp³-hybridized carbons (Fsp3) is 0.625. The number of anilines is 1. The predicted molar refractivity (Wildman–Crippen MR) is 86.7 cm³/mol. The lowest BCUT2D eigenvalue weighted by Crippen LogP contribution is -2.23. The van der Waals surface area contributed by atoms with Crippen LogP contribution in [0.1, 0.15) is 32.3 Å². The molecule has 1 aromatic carbocycles.